The number of carbonyl (C=O) groups is 2. The van der Waals surface area contributed by atoms with Crippen LogP contribution in [0.25, 0.3) is 5.76 Å². The summed E-state index contributed by atoms with van der Waals surface area (Å²) in [6.45, 7) is 1.98. The maximum atomic E-state index is 13.4. The quantitative estimate of drug-likeness (QED) is 0.329. The maximum absolute atomic E-state index is 13.4. The lowest BCUT2D eigenvalue weighted by Gasteiger charge is -2.25. The van der Waals surface area contributed by atoms with Crippen LogP contribution in [0.2, 0.25) is 0 Å². The second kappa shape index (κ2) is 8.42. The number of hydrogen-bond acceptors (Lipinski definition) is 8. The topological polar surface area (TPSA) is 94.5 Å². The molecule has 1 aromatic heterocycles. The summed E-state index contributed by atoms with van der Waals surface area (Å²) in [6.07, 6.45) is 0. The van der Waals surface area contributed by atoms with Crippen molar-refractivity contribution in [2.24, 2.45) is 0 Å². The highest BCUT2D eigenvalue weighted by Gasteiger charge is 2.48. The lowest BCUT2D eigenvalue weighted by atomic mass is 9.98. The van der Waals surface area contributed by atoms with Crippen LogP contribution in [0.1, 0.15) is 22.0 Å². The van der Waals surface area contributed by atoms with Crippen LogP contribution in [0, 0.1) is 6.92 Å². The number of amides is 1. The summed E-state index contributed by atoms with van der Waals surface area (Å²) in [6, 6.07) is 11.0. The van der Waals surface area contributed by atoms with Crippen molar-refractivity contribution in [3.8, 4) is 23.0 Å². The number of fused-ring (bicyclic) bond motifs is 1. The van der Waals surface area contributed by atoms with Crippen molar-refractivity contribution < 1.29 is 33.6 Å². The van der Waals surface area contributed by atoms with Gasteiger partial charge in [-0.05, 0) is 42.1 Å². The second-order valence-electron chi connectivity index (χ2n) is 7.78. The first kappa shape index (κ1) is 21.8. The summed E-state index contributed by atoms with van der Waals surface area (Å²) in [7, 11) is 3.01. The summed E-state index contributed by atoms with van der Waals surface area (Å²) in [5.74, 6) is 0.116. The molecule has 1 saturated heterocycles. The fourth-order valence-electron chi connectivity index (χ4n) is 4.14. The van der Waals surface area contributed by atoms with Crippen LogP contribution >= 0.6 is 11.3 Å². The van der Waals surface area contributed by atoms with E-state index in [9.17, 15) is 14.7 Å². The van der Waals surface area contributed by atoms with E-state index >= 15 is 0 Å². The van der Waals surface area contributed by atoms with E-state index in [4.69, 9.17) is 18.9 Å². The van der Waals surface area contributed by atoms with Crippen molar-refractivity contribution >= 4 is 34.5 Å². The van der Waals surface area contributed by atoms with Crippen molar-refractivity contribution in [2.75, 3.05) is 25.9 Å². The number of thiophene rings is 1. The Morgan fingerprint density at radius 2 is 1.74 bits per heavy atom. The van der Waals surface area contributed by atoms with E-state index in [0.717, 1.165) is 10.4 Å². The molecule has 1 fully saturated rings. The third-order valence-corrected chi connectivity index (χ3v) is 6.93. The molecule has 8 nitrogen and oxygen atoms in total. The standard InChI is InChI=1S/C25H21NO7S/c1-13-6-7-34-24(13)21-20(22(27)14-4-5-18-19(8-14)33-12-32-18)23(28)25(29)26(21)15-9-16(30-2)11-17(10-15)31-3/h4-11,21,27H,12H2,1-3H3/b22-20-. The molecule has 34 heavy (non-hydrogen) atoms. The van der Waals surface area contributed by atoms with Gasteiger partial charge in [0.05, 0.1) is 25.5 Å². The van der Waals surface area contributed by atoms with Crippen molar-refractivity contribution in [1.29, 1.82) is 0 Å². The average molecular weight is 480 g/mol. The van der Waals surface area contributed by atoms with Gasteiger partial charge in [0.25, 0.3) is 11.7 Å². The number of rotatable bonds is 5. The number of benzene rings is 2. The van der Waals surface area contributed by atoms with Crippen molar-refractivity contribution in [1.82, 2.24) is 0 Å². The highest BCUT2D eigenvalue weighted by Crippen LogP contribution is 2.46. The predicted octanol–water partition coefficient (Wildman–Crippen LogP) is 4.43. The number of carbonyl (C=O) groups excluding carboxylic acids is 2. The van der Waals surface area contributed by atoms with Gasteiger partial charge < -0.3 is 24.1 Å². The predicted molar refractivity (Wildman–Crippen MR) is 126 cm³/mol. The molecule has 3 heterocycles. The summed E-state index contributed by atoms with van der Waals surface area (Å²) in [4.78, 5) is 28.9. The molecular weight excluding hydrogens is 458 g/mol. The molecule has 0 spiro atoms. The van der Waals surface area contributed by atoms with Gasteiger partial charge in [-0.3, -0.25) is 14.5 Å². The molecule has 2 aliphatic heterocycles. The molecule has 1 amide bonds. The fourth-order valence-corrected chi connectivity index (χ4v) is 5.17. The molecule has 1 N–H and O–H groups in total. The van der Waals surface area contributed by atoms with Gasteiger partial charge in [-0.25, -0.2) is 0 Å². The van der Waals surface area contributed by atoms with Gasteiger partial charge in [0, 0.05) is 28.6 Å². The summed E-state index contributed by atoms with van der Waals surface area (Å²) in [5.41, 5.74) is 1.66. The van der Waals surface area contributed by atoms with Gasteiger partial charge in [-0.2, -0.15) is 0 Å². The Kier molecular flexibility index (Phi) is 5.41. The highest BCUT2D eigenvalue weighted by molar-refractivity contribution is 7.10. The van der Waals surface area contributed by atoms with Gasteiger partial charge in [0.1, 0.15) is 23.3 Å². The van der Waals surface area contributed by atoms with Crippen LogP contribution in [0.5, 0.6) is 23.0 Å². The highest BCUT2D eigenvalue weighted by atomic mass is 32.1. The van der Waals surface area contributed by atoms with E-state index in [-0.39, 0.29) is 18.1 Å². The largest absolute Gasteiger partial charge is 0.507 e. The van der Waals surface area contributed by atoms with Crippen LogP contribution in [-0.2, 0) is 9.59 Å². The minimum absolute atomic E-state index is 0.00352. The smallest absolute Gasteiger partial charge is 0.300 e. The molecule has 1 atom stereocenters. The fraction of sp³-hybridized carbons (Fsp3) is 0.200. The van der Waals surface area contributed by atoms with E-state index in [0.29, 0.717) is 34.2 Å². The second-order valence-corrected chi connectivity index (χ2v) is 8.72. The lowest BCUT2D eigenvalue weighted by molar-refractivity contribution is -0.132. The maximum Gasteiger partial charge on any atom is 0.300 e. The Hall–Kier alpha value is -3.98. The number of nitrogens with zero attached hydrogens (tertiary/aromatic N) is 1. The van der Waals surface area contributed by atoms with Gasteiger partial charge in [0.15, 0.2) is 11.5 Å². The Bertz CT molecular complexity index is 1320. The van der Waals surface area contributed by atoms with Gasteiger partial charge >= 0.3 is 0 Å². The van der Waals surface area contributed by atoms with Crippen LogP contribution in [0.4, 0.5) is 5.69 Å². The van der Waals surface area contributed by atoms with E-state index in [1.54, 1.807) is 36.4 Å². The van der Waals surface area contributed by atoms with E-state index in [1.807, 2.05) is 18.4 Å². The number of ether oxygens (including phenoxy) is 4. The third-order valence-electron chi connectivity index (χ3n) is 5.85. The normalized spacial score (nSPS) is 18.4. The number of anilines is 1. The number of aliphatic hydroxyl groups excluding tert-OH is 1. The van der Waals surface area contributed by atoms with E-state index < -0.39 is 17.7 Å². The summed E-state index contributed by atoms with van der Waals surface area (Å²) >= 11 is 1.41. The van der Waals surface area contributed by atoms with E-state index in [2.05, 4.69) is 0 Å². The first-order valence-electron chi connectivity index (χ1n) is 10.4. The molecule has 3 aromatic rings. The number of aliphatic hydroxyl groups is 1. The van der Waals surface area contributed by atoms with Gasteiger partial charge in [-0.1, -0.05) is 0 Å². The Balaban J connectivity index is 1.72. The van der Waals surface area contributed by atoms with Crippen LogP contribution < -0.4 is 23.8 Å². The molecule has 9 heteroatoms. The lowest BCUT2D eigenvalue weighted by Crippen LogP contribution is -2.29. The first-order chi connectivity index (χ1) is 16.4. The zero-order valence-electron chi connectivity index (χ0n) is 18.7. The molecule has 0 bridgehead atoms. The Labute approximate surface area is 199 Å². The molecule has 0 aliphatic carbocycles. The molecule has 2 aromatic carbocycles. The van der Waals surface area contributed by atoms with Crippen LogP contribution in [-0.4, -0.2) is 37.8 Å². The van der Waals surface area contributed by atoms with Crippen molar-refractivity contribution in [2.45, 2.75) is 13.0 Å². The van der Waals surface area contributed by atoms with Crippen molar-refractivity contribution in [3.63, 3.8) is 0 Å². The average Bonchev–Trinajstić information content (AvgIpc) is 3.56. The van der Waals surface area contributed by atoms with Gasteiger partial charge in [0.2, 0.25) is 6.79 Å². The number of aryl methyl sites for hydroxylation is 1. The summed E-state index contributed by atoms with van der Waals surface area (Å²) in [5, 5.41) is 13.2. The van der Waals surface area contributed by atoms with E-state index in [1.165, 1.54) is 30.5 Å². The number of methoxy groups -OCH3 is 2. The Morgan fingerprint density at radius 3 is 2.38 bits per heavy atom. The molecule has 0 radical (unpaired) electrons. The van der Waals surface area contributed by atoms with Crippen molar-refractivity contribution in [3.05, 3.63) is 69.4 Å². The molecule has 0 saturated carbocycles. The first-order valence-corrected chi connectivity index (χ1v) is 11.3. The number of Topliss-reactive ketones (excluding diaryl/α,β-unsaturated/α-hetero) is 1. The summed E-state index contributed by atoms with van der Waals surface area (Å²) < 4.78 is 21.5. The monoisotopic (exact) mass is 479 g/mol. The minimum atomic E-state index is -0.831. The number of ketones is 1. The molecular formula is C25H21NO7S. The zero-order valence-corrected chi connectivity index (χ0v) is 19.5. The van der Waals surface area contributed by atoms with Crippen LogP contribution in [0.15, 0.2) is 53.4 Å². The Morgan fingerprint density at radius 1 is 1.03 bits per heavy atom. The molecule has 2 aliphatic rings. The zero-order chi connectivity index (χ0) is 24.0. The molecule has 5 rings (SSSR count). The molecule has 1 unspecified atom stereocenters. The van der Waals surface area contributed by atoms with Gasteiger partial charge in [-0.15, -0.1) is 11.3 Å². The third kappa shape index (κ3) is 3.45. The minimum Gasteiger partial charge on any atom is -0.507 e. The SMILES string of the molecule is COc1cc(OC)cc(N2C(=O)C(=O)/C(=C(\O)c3ccc4c(c3)OCO4)C2c2sccc2C)c1. The molecule has 174 valence electrons. The van der Waals surface area contributed by atoms with Crippen LogP contribution in [0.3, 0.4) is 0 Å². The number of hydrogen-bond donors (Lipinski definition) is 1.